The van der Waals surface area contributed by atoms with E-state index in [0.29, 0.717) is 11.7 Å². The molecule has 4 aromatic rings. The summed E-state index contributed by atoms with van der Waals surface area (Å²) in [6.45, 7) is 4.85. The van der Waals surface area contributed by atoms with Crippen molar-refractivity contribution in [3.63, 3.8) is 0 Å². The van der Waals surface area contributed by atoms with Crippen LogP contribution in [-0.4, -0.2) is 24.5 Å². The third-order valence-electron chi connectivity index (χ3n) is 5.50. The number of rotatable bonds is 5. The van der Waals surface area contributed by atoms with Gasteiger partial charge in [0, 0.05) is 29.2 Å². The minimum Gasteiger partial charge on any atom is -0.467 e. The highest BCUT2D eigenvalue weighted by Crippen LogP contribution is 2.42. The summed E-state index contributed by atoms with van der Waals surface area (Å²) in [5.41, 5.74) is 4.47. The Morgan fingerprint density at radius 3 is 2.77 bits per heavy atom. The molecule has 5 heterocycles. The van der Waals surface area contributed by atoms with E-state index >= 15 is 0 Å². The van der Waals surface area contributed by atoms with Crippen molar-refractivity contribution in [3.8, 4) is 5.13 Å². The summed E-state index contributed by atoms with van der Waals surface area (Å²) in [7, 11) is 0. The fourth-order valence-electron chi connectivity index (χ4n) is 4.19. The summed E-state index contributed by atoms with van der Waals surface area (Å²) < 4.78 is 7.84. The van der Waals surface area contributed by atoms with Gasteiger partial charge < -0.3 is 14.6 Å². The standard InChI is InChI=1S/C22H21N5OS2/c1-14-12-17(15(2)27(14)22-24-9-11-30-22)20-19(18-7-3-4-8-23-18)25-21(29)26(20)13-16-6-5-10-28-16/h3-12,19-20H,13H2,1-2H3,(H,25,29)/t19-,20+/m1/s1. The molecule has 152 valence electrons. The molecule has 8 heteroatoms. The zero-order valence-corrected chi connectivity index (χ0v) is 18.3. The van der Waals surface area contributed by atoms with Crippen molar-refractivity contribution >= 4 is 28.7 Å². The van der Waals surface area contributed by atoms with Crippen LogP contribution in [-0.2, 0) is 6.54 Å². The van der Waals surface area contributed by atoms with Crippen molar-refractivity contribution in [2.45, 2.75) is 32.5 Å². The van der Waals surface area contributed by atoms with Gasteiger partial charge in [0.05, 0.1) is 30.6 Å². The molecule has 0 aliphatic carbocycles. The second-order valence-electron chi connectivity index (χ2n) is 7.31. The zero-order valence-electron chi connectivity index (χ0n) is 16.6. The number of furan rings is 1. The number of nitrogens with one attached hydrogen (secondary N) is 1. The monoisotopic (exact) mass is 435 g/mol. The Morgan fingerprint density at radius 2 is 2.07 bits per heavy atom. The summed E-state index contributed by atoms with van der Waals surface area (Å²) >= 11 is 7.39. The first-order valence-electron chi connectivity index (χ1n) is 9.72. The Bertz CT molecular complexity index is 1150. The van der Waals surface area contributed by atoms with Crippen LogP contribution in [0.5, 0.6) is 0 Å². The van der Waals surface area contributed by atoms with Crippen molar-refractivity contribution in [1.82, 2.24) is 24.8 Å². The first-order chi connectivity index (χ1) is 14.6. The minimum absolute atomic E-state index is 0.0163. The summed E-state index contributed by atoms with van der Waals surface area (Å²) in [6.07, 6.45) is 5.36. The Hall–Kier alpha value is -2.97. The molecular formula is C22H21N5OS2. The average Bonchev–Trinajstić information content (AvgIpc) is 3.53. The molecule has 1 fully saturated rings. The lowest BCUT2D eigenvalue weighted by Gasteiger charge is -2.27. The number of thiazole rings is 1. The molecule has 0 aromatic carbocycles. The molecule has 4 aromatic heterocycles. The predicted octanol–water partition coefficient (Wildman–Crippen LogP) is 4.71. The Labute approximate surface area is 184 Å². The molecule has 5 rings (SSSR count). The molecule has 0 unspecified atom stereocenters. The number of hydrogen-bond acceptors (Lipinski definition) is 5. The number of thiocarbonyl (C=S) groups is 1. The van der Waals surface area contributed by atoms with E-state index in [0.717, 1.165) is 28.0 Å². The van der Waals surface area contributed by atoms with Crippen LogP contribution in [0.25, 0.3) is 5.13 Å². The Kier molecular flexibility index (Phi) is 4.88. The number of aryl methyl sites for hydroxylation is 1. The average molecular weight is 436 g/mol. The van der Waals surface area contributed by atoms with Crippen LogP contribution in [0.15, 0.2) is 64.9 Å². The summed E-state index contributed by atoms with van der Waals surface area (Å²) in [6, 6.07) is 12.0. The maximum absolute atomic E-state index is 5.76. The molecule has 0 saturated carbocycles. The largest absolute Gasteiger partial charge is 0.467 e. The van der Waals surface area contributed by atoms with Crippen LogP contribution in [0.3, 0.4) is 0 Å². The first kappa shape index (κ1) is 19.0. The van der Waals surface area contributed by atoms with Crippen LogP contribution in [0.1, 0.15) is 40.5 Å². The van der Waals surface area contributed by atoms with Crippen molar-refractivity contribution < 1.29 is 4.42 Å². The lowest BCUT2D eigenvalue weighted by molar-refractivity contribution is 0.286. The number of aromatic nitrogens is 3. The maximum Gasteiger partial charge on any atom is 0.193 e. The molecule has 30 heavy (non-hydrogen) atoms. The van der Waals surface area contributed by atoms with Crippen LogP contribution in [0, 0.1) is 13.8 Å². The van der Waals surface area contributed by atoms with Crippen LogP contribution < -0.4 is 5.32 Å². The minimum atomic E-state index is -0.0566. The lowest BCUT2D eigenvalue weighted by atomic mass is 9.96. The van der Waals surface area contributed by atoms with E-state index in [1.54, 1.807) is 17.6 Å². The predicted molar refractivity (Wildman–Crippen MR) is 121 cm³/mol. The number of hydrogen-bond donors (Lipinski definition) is 1. The third kappa shape index (κ3) is 3.22. The zero-order chi connectivity index (χ0) is 20.7. The number of nitrogens with zero attached hydrogens (tertiary/aromatic N) is 4. The molecular weight excluding hydrogens is 414 g/mol. The summed E-state index contributed by atoms with van der Waals surface area (Å²) in [5, 5.41) is 7.17. The van der Waals surface area contributed by atoms with Gasteiger partial charge in [-0.15, -0.1) is 11.3 Å². The van der Waals surface area contributed by atoms with E-state index in [2.05, 4.69) is 44.7 Å². The molecule has 0 bridgehead atoms. The SMILES string of the molecule is Cc1cc([C@H]2[C@@H](c3ccccn3)NC(=S)N2Cc2ccco2)c(C)n1-c1nccs1. The highest BCUT2D eigenvalue weighted by atomic mass is 32.1. The Balaban J connectivity index is 1.62. The van der Waals surface area contributed by atoms with Crippen molar-refractivity contribution in [3.05, 3.63) is 88.8 Å². The molecule has 1 N–H and O–H groups in total. The van der Waals surface area contributed by atoms with E-state index in [4.69, 9.17) is 16.6 Å². The lowest BCUT2D eigenvalue weighted by Crippen LogP contribution is -2.29. The highest BCUT2D eigenvalue weighted by molar-refractivity contribution is 7.80. The van der Waals surface area contributed by atoms with E-state index in [1.807, 2.05) is 48.1 Å². The molecule has 0 radical (unpaired) electrons. The maximum atomic E-state index is 5.76. The van der Waals surface area contributed by atoms with Gasteiger partial charge in [0.15, 0.2) is 10.2 Å². The summed E-state index contributed by atoms with van der Waals surface area (Å²) in [4.78, 5) is 11.3. The second kappa shape index (κ2) is 7.70. The van der Waals surface area contributed by atoms with E-state index in [1.165, 1.54) is 5.56 Å². The van der Waals surface area contributed by atoms with Gasteiger partial charge in [-0.1, -0.05) is 6.07 Å². The molecule has 0 spiro atoms. The van der Waals surface area contributed by atoms with Gasteiger partial charge >= 0.3 is 0 Å². The normalized spacial score (nSPS) is 18.7. The highest BCUT2D eigenvalue weighted by Gasteiger charge is 2.41. The van der Waals surface area contributed by atoms with Crippen molar-refractivity contribution in [2.24, 2.45) is 0 Å². The van der Waals surface area contributed by atoms with Gasteiger partial charge in [-0.3, -0.25) is 9.55 Å². The van der Waals surface area contributed by atoms with Gasteiger partial charge in [0.25, 0.3) is 0 Å². The first-order valence-corrected chi connectivity index (χ1v) is 11.0. The van der Waals surface area contributed by atoms with Crippen molar-refractivity contribution in [1.29, 1.82) is 0 Å². The summed E-state index contributed by atoms with van der Waals surface area (Å²) in [5.74, 6) is 0.875. The smallest absolute Gasteiger partial charge is 0.193 e. The molecule has 1 aliphatic rings. The van der Waals surface area contributed by atoms with Gasteiger partial charge in [0.2, 0.25) is 0 Å². The van der Waals surface area contributed by atoms with Crippen LogP contribution in [0.2, 0.25) is 0 Å². The third-order valence-corrected chi connectivity index (χ3v) is 6.61. The van der Waals surface area contributed by atoms with Gasteiger partial charge in [-0.05, 0) is 62.0 Å². The van der Waals surface area contributed by atoms with Crippen molar-refractivity contribution in [2.75, 3.05) is 0 Å². The molecule has 6 nitrogen and oxygen atoms in total. The van der Waals surface area contributed by atoms with Gasteiger partial charge in [-0.25, -0.2) is 4.98 Å². The van der Waals surface area contributed by atoms with Crippen LogP contribution >= 0.6 is 23.6 Å². The quantitative estimate of drug-likeness (QED) is 0.458. The fraction of sp³-hybridized carbons (Fsp3) is 0.227. The van der Waals surface area contributed by atoms with Gasteiger partial charge in [0.1, 0.15) is 5.76 Å². The second-order valence-corrected chi connectivity index (χ2v) is 8.57. The van der Waals surface area contributed by atoms with E-state index < -0.39 is 0 Å². The fourth-order valence-corrected chi connectivity index (χ4v) is 5.25. The van der Waals surface area contributed by atoms with Gasteiger partial charge in [-0.2, -0.15) is 0 Å². The van der Waals surface area contributed by atoms with E-state index in [9.17, 15) is 0 Å². The molecule has 2 atom stereocenters. The number of pyridine rings is 1. The molecule has 1 aliphatic heterocycles. The van der Waals surface area contributed by atoms with E-state index in [-0.39, 0.29) is 12.1 Å². The molecule has 0 amide bonds. The van der Waals surface area contributed by atoms with Crippen LogP contribution in [0.4, 0.5) is 0 Å². The Morgan fingerprint density at radius 1 is 1.17 bits per heavy atom. The topological polar surface area (TPSA) is 59.1 Å². The molecule has 1 saturated heterocycles.